The molecule has 0 aromatic heterocycles. The van der Waals surface area contributed by atoms with Crippen LogP contribution in [0.5, 0.6) is 0 Å². The van der Waals surface area contributed by atoms with Crippen molar-refractivity contribution < 1.29 is 23.9 Å². The van der Waals surface area contributed by atoms with E-state index in [1.165, 1.54) is 7.11 Å². The van der Waals surface area contributed by atoms with Crippen molar-refractivity contribution in [1.29, 1.82) is 0 Å². The van der Waals surface area contributed by atoms with Crippen LogP contribution in [0.1, 0.15) is 52.0 Å². The highest BCUT2D eigenvalue weighted by atomic mass is 35.5. The van der Waals surface area contributed by atoms with E-state index in [2.05, 4.69) is 10.2 Å². The average Bonchev–Trinajstić information content (AvgIpc) is 3.26. The van der Waals surface area contributed by atoms with E-state index < -0.39 is 17.7 Å². The summed E-state index contributed by atoms with van der Waals surface area (Å²) in [5.74, 6) is -0.0602. The van der Waals surface area contributed by atoms with Crippen LogP contribution in [-0.4, -0.2) is 78.7 Å². The second-order valence-corrected chi connectivity index (χ2v) is 11.4. The van der Waals surface area contributed by atoms with Crippen molar-refractivity contribution in [3.63, 3.8) is 0 Å². The van der Waals surface area contributed by atoms with E-state index in [4.69, 9.17) is 32.7 Å². The van der Waals surface area contributed by atoms with Gasteiger partial charge in [0, 0.05) is 55.1 Å². The standard InChI is InChI=1S/C26H37Cl2N3O5/c1-26(2,3)36-25(34)29-21(14-17-8-9-19(27)16-20(17)28)24(33)31-12-10-30(11-13-31)22-7-5-6-18(22)15-23(32)35-4/h8-9,16,18,21-22H,5-7,10-15H2,1-4H3,(H,29,34)/t18?,21-,22?/m1/s1. The van der Waals surface area contributed by atoms with Crippen LogP contribution in [0.25, 0.3) is 0 Å². The van der Waals surface area contributed by atoms with E-state index in [0.29, 0.717) is 41.2 Å². The lowest BCUT2D eigenvalue weighted by Gasteiger charge is -2.41. The Morgan fingerprint density at radius 2 is 1.81 bits per heavy atom. The zero-order valence-corrected chi connectivity index (χ0v) is 23.0. The number of nitrogens with one attached hydrogen (secondary N) is 1. The van der Waals surface area contributed by atoms with Gasteiger partial charge in [0.2, 0.25) is 5.91 Å². The highest BCUT2D eigenvalue weighted by molar-refractivity contribution is 6.35. The Balaban J connectivity index is 1.66. The summed E-state index contributed by atoms with van der Waals surface area (Å²) in [6.45, 7) is 7.84. The molecule has 0 bridgehead atoms. The van der Waals surface area contributed by atoms with Crippen LogP contribution >= 0.6 is 23.2 Å². The summed E-state index contributed by atoms with van der Waals surface area (Å²) >= 11 is 12.4. The monoisotopic (exact) mass is 541 g/mol. The van der Waals surface area contributed by atoms with Crippen LogP contribution in [-0.2, 0) is 25.5 Å². The van der Waals surface area contributed by atoms with Gasteiger partial charge in [-0.05, 0) is 57.2 Å². The van der Waals surface area contributed by atoms with Crippen LogP contribution in [0.4, 0.5) is 4.79 Å². The summed E-state index contributed by atoms with van der Waals surface area (Å²) in [6.07, 6.45) is 3.16. The number of benzene rings is 1. The van der Waals surface area contributed by atoms with Crippen LogP contribution in [0.15, 0.2) is 18.2 Å². The summed E-state index contributed by atoms with van der Waals surface area (Å²) in [5, 5.41) is 3.69. The van der Waals surface area contributed by atoms with Gasteiger partial charge in [0.25, 0.3) is 0 Å². The third-order valence-corrected chi connectivity index (χ3v) is 7.39. The molecule has 2 fully saturated rings. The Labute approximate surface area is 223 Å². The van der Waals surface area contributed by atoms with Gasteiger partial charge in [-0.15, -0.1) is 0 Å². The lowest BCUT2D eigenvalue weighted by molar-refractivity contribution is -0.142. The largest absolute Gasteiger partial charge is 0.469 e. The molecular weight excluding hydrogens is 505 g/mol. The molecular formula is C26H37Cl2N3O5. The third kappa shape index (κ3) is 7.98. The Hall–Kier alpha value is -2.03. The first-order valence-corrected chi connectivity index (χ1v) is 13.3. The molecule has 1 heterocycles. The number of carbonyl (C=O) groups excluding carboxylic acids is 3. The predicted molar refractivity (Wildman–Crippen MR) is 139 cm³/mol. The quantitative estimate of drug-likeness (QED) is 0.517. The number of amides is 2. The molecule has 2 aliphatic rings. The van der Waals surface area contributed by atoms with Crippen LogP contribution in [0.2, 0.25) is 10.0 Å². The van der Waals surface area contributed by atoms with Gasteiger partial charge in [0.15, 0.2) is 0 Å². The van der Waals surface area contributed by atoms with E-state index in [0.717, 1.165) is 32.4 Å². The first-order valence-electron chi connectivity index (χ1n) is 12.5. The molecule has 2 unspecified atom stereocenters. The second-order valence-electron chi connectivity index (χ2n) is 10.5. The van der Waals surface area contributed by atoms with Gasteiger partial charge in [-0.25, -0.2) is 4.79 Å². The SMILES string of the molecule is COC(=O)CC1CCCC1N1CCN(C(=O)[C@@H](Cc2ccc(Cl)cc2Cl)NC(=O)OC(C)(C)C)CC1. The normalized spacial score (nSPS) is 21.7. The first-order chi connectivity index (χ1) is 17.0. The second kappa shape index (κ2) is 12.5. The molecule has 36 heavy (non-hydrogen) atoms. The van der Waals surface area contributed by atoms with Crippen molar-refractivity contribution in [3.8, 4) is 0 Å². The van der Waals surface area contributed by atoms with Crippen molar-refractivity contribution >= 4 is 41.2 Å². The molecule has 1 saturated heterocycles. The van der Waals surface area contributed by atoms with Crippen LogP contribution in [0.3, 0.4) is 0 Å². The van der Waals surface area contributed by atoms with Gasteiger partial charge in [-0.3, -0.25) is 14.5 Å². The Morgan fingerprint density at radius 3 is 2.42 bits per heavy atom. The number of methoxy groups -OCH3 is 1. The zero-order valence-electron chi connectivity index (χ0n) is 21.5. The number of halogens is 2. The lowest BCUT2D eigenvalue weighted by Crippen LogP contribution is -2.57. The smallest absolute Gasteiger partial charge is 0.408 e. The molecule has 1 aliphatic carbocycles. The molecule has 1 aromatic carbocycles. The van der Waals surface area contributed by atoms with Gasteiger partial charge in [0.05, 0.1) is 7.11 Å². The number of esters is 1. The predicted octanol–water partition coefficient (Wildman–Crippen LogP) is 4.31. The Kier molecular flexibility index (Phi) is 9.89. The highest BCUT2D eigenvalue weighted by Crippen LogP contribution is 2.33. The summed E-state index contributed by atoms with van der Waals surface area (Å²) in [4.78, 5) is 42.1. The highest BCUT2D eigenvalue weighted by Gasteiger charge is 2.37. The Bertz CT molecular complexity index is 944. The minimum absolute atomic E-state index is 0.169. The van der Waals surface area contributed by atoms with Gasteiger partial charge >= 0.3 is 12.1 Å². The number of hydrogen-bond donors (Lipinski definition) is 1. The van der Waals surface area contributed by atoms with Gasteiger partial charge < -0.3 is 19.7 Å². The third-order valence-electron chi connectivity index (χ3n) is 6.80. The summed E-state index contributed by atoms with van der Waals surface area (Å²) < 4.78 is 10.3. The topological polar surface area (TPSA) is 88.2 Å². The molecule has 0 spiro atoms. The van der Waals surface area contributed by atoms with Crippen molar-refractivity contribution in [2.45, 2.75) is 70.6 Å². The molecule has 0 radical (unpaired) electrons. The van der Waals surface area contributed by atoms with E-state index in [-0.39, 0.29) is 24.2 Å². The molecule has 3 rings (SSSR count). The van der Waals surface area contributed by atoms with E-state index in [9.17, 15) is 14.4 Å². The minimum atomic E-state index is -0.830. The molecule has 2 amide bonds. The first kappa shape index (κ1) is 28.5. The number of nitrogens with zero attached hydrogens (tertiary/aromatic N) is 2. The molecule has 8 nitrogen and oxygen atoms in total. The maximum atomic E-state index is 13.6. The number of alkyl carbamates (subject to hydrolysis) is 1. The van der Waals surface area contributed by atoms with E-state index in [1.54, 1.807) is 43.9 Å². The molecule has 200 valence electrons. The van der Waals surface area contributed by atoms with Crippen LogP contribution in [0, 0.1) is 5.92 Å². The van der Waals surface area contributed by atoms with Crippen LogP contribution < -0.4 is 5.32 Å². The molecule has 1 aliphatic heterocycles. The van der Waals surface area contributed by atoms with Crippen molar-refractivity contribution in [1.82, 2.24) is 15.1 Å². The molecule has 3 atom stereocenters. The number of carbonyl (C=O) groups is 3. The van der Waals surface area contributed by atoms with E-state index >= 15 is 0 Å². The maximum absolute atomic E-state index is 13.6. The fourth-order valence-electron chi connectivity index (χ4n) is 5.08. The number of rotatable bonds is 7. The van der Waals surface area contributed by atoms with Gasteiger partial charge in [0.1, 0.15) is 11.6 Å². The zero-order chi connectivity index (χ0) is 26.5. The summed E-state index contributed by atoms with van der Waals surface area (Å²) in [6, 6.07) is 4.59. The summed E-state index contributed by atoms with van der Waals surface area (Å²) in [7, 11) is 1.43. The maximum Gasteiger partial charge on any atom is 0.408 e. The summed E-state index contributed by atoms with van der Waals surface area (Å²) in [5.41, 5.74) is 0.0224. The van der Waals surface area contributed by atoms with Crippen molar-refractivity contribution in [2.75, 3.05) is 33.3 Å². The fourth-order valence-corrected chi connectivity index (χ4v) is 5.57. The lowest BCUT2D eigenvalue weighted by atomic mass is 9.97. The molecule has 1 aromatic rings. The number of hydrogen-bond acceptors (Lipinski definition) is 6. The van der Waals surface area contributed by atoms with E-state index in [1.807, 2.05) is 0 Å². The fraction of sp³-hybridized carbons (Fsp3) is 0.654. The van der Waals surface area contributed by atoms with Gasteiger partial charge in [-0.2, -0.15) is 0 Å². The van der Waals surface area contributed by atoms with Gasteiger partial charge in [-0.1, -0.05) is 35.7 Å². The molecule has 1 saturated carbocycles. The Morgan fingerprint density at radius 1 is 1.11 bits per heavy atom. The average molecular weight is 543 g/mol. The van der Waals surface area contributed by atoms with Crippen molar-refractivity contribution in [2.24, 2.45) is 5.92 Å². The number of ether oxygens (including phenoxy) is 2. The minimum Gasteiger partial charge on any atom is -0.469 e. The molecule has 1 N–H and O–H groups in total. The van der Waals surface area contributed by atoms with Crippen molar-refractivity contribution in [3.05, 3.63) is 33.8 Å². The molecule has 10 heteroatoms. The number of piperazine rings is 1.